The van der Waals surface area contributed by atoms with Crippen molar-refractivity contribution in [1.29, 1.82) is 0 Å². The number of hydrogen-bond acceptors (Lipinski definition) is 4. The van der Waals surface area contributed by atoms with E-state index in [1.165, 1.54) is 23.1 Å². The molecule has 11 heteroatoms. The Balaban J connectivity index is 2.05. The van der Waals surface area contributed by atoms with Gasteiger partial charge in [-0.2, -0.15) is 0 Å². The molecule has 0 radical (unpaired) electrons. The highest BCUT2D eigenvalue weighted by atomic mass is 35.5. The van der Waals surface area contributed by atoms with Crippen LogP contribution in [0.1, 0.15) is 32.8 Å². The van der Waals surface area contributed by atoms with Gasteiger partial charge < -0.3 is 10.2 Å². The molecule has 7 nitrogen and oxygen atoms in total. The molecule has 3 rings (SSSR count). The molecule has 0 aliphatic rings. The Bertz CT molecular complexity index is 1420. The van der Waals surface area contributed by atoms with E-state index in [1.54, 1.807) is 49.4 Å². The van der Waals surface area contributed by atoms with Gasteiger partial charge in [-0.15, -0.1) is 0 Å². The van der Waals surface area contributed by atoms with Crippen LogP contribution in [-0.2, 0) is 26.2 Å². The molecule has 0 saturated carbocycles. The van der Waals surface area contributed by atoms with Gasteiger partial charge in [-0.05, 0) is 60.4 Å². The van der Waals surface area contributed by atoms with Crippen molar-refractivity contribution in [2.24, 2.45) is 5.92 Å². The number of anilines is 1. The summed E-state index contributed by atoms with van der Waals surface area (Å²) in [7, 11) is -4.28. The number of carbonyl (C=O) groups excluding carboxylic acids is 2. The van der Waals surface area contributed by atoms with E-state index < -0.39 is 34.3 Å². The highest BCUT2D eigenvalue weighted by Crippen LogP contribution is 2.28. The maximum absolute atomic E-state index is 14.0. The van der Waals surface area contributed by atoms with Crippen LogP contribution in [0.15, 0.2) is 77.7 Å². The maximum Gasteiger partial charge on any atom is 0.264 e. The van der Waals surface area contributed by atoms with Crippen LogP contribution >= 0.6 is 23.2 Å². The molecule has 0 aliphatic heterocycles. The lowest BCUT2D eigenvalue weighted by atomic mass is 10.1. The third-order valence-corrected chi connectivity index (χ3v) is 8.47. The normalized spacial score (nSPS) is 12.2. The molecule has 0 unspecified atom stereocenters. The van der Waals surface area contributed by atoms with Crippen LogP contribution in [-0.4, -0.2) is 44.3 Å². The average Bonchev–Trinajstić information content (AvgIpc) is 2.93. The first-order chi connectivity index (χ1) is 18.9. The minimum Gasteiger partial charge on any atom is -0.354 e. The van der Waals surface area contributed by atoms with Crippen LogP contribution < -0.4 is 9.62 Å². The van der Waals surface area contributed by atoms with E-state index in [9.17, 15) is 22.4 Å². The van der Waals surface area contributed by atoms with Crippen LogP contribution in [0.5, 0.6) is 0 Å². The third-order valence-electron chi connectivity index (χ3n) is 6.14. The second-order valence-electron chi connectivity index (χ2n) is 9.63. The van der Waals surface area contributed by atoms with E-state index in [4.69, 9.17) is 23.2 Å². The lowest BCUT2D eigenvalue weighted by molar-refractivity contribution is -0.140. The molecule has 1 N–H and O–H groups in total. The molecular formula is C29H32Cl2FN3O4S. The fourth-order valence-corrected chi connectivity index (χ4v) is 5.74. The van der Waals surface area contributed by atoms with E-state index in [1.807, 2.05) is 13.8 Å². The molecule has 0 heterocycles. The molecule has 40 heavy (non-hydrogen) atoms. The molecule has 3 aromatic carbocycles. The number of rotatable bonds is 12. The Labute approximate surface area is 244 Å². The van der Waals surface area contributed by atoms with E-state index >= 15 is 0 Å². The molecule has 0 bridgehead atoms. The summed E-state index contributed by atoms with van der Waals surface area (Å²) >= 11 is 12.0. The summed E-state index contributed by atoms with van der Waals surface area (Å²) in [5, 5.41) is 3.09. The fourth-order valence-electron chi connectivity index (χ4n) is 4.02. The number of benzene rings is 3. The molecule has 214 valence electrons. The SMILES string of the molecule is CC[C@@H](C(=O)NCC(C)C)N(Cc1ccc(Cl)cc1)C(=O)CN(c1ccc(F)c(Cl)c1)S(=O)(=O)c1ccccc1. The summed E-state index contributed by atoms with van der Waals surface area (Å²) in [5.74, 6) is -1.51. The first-order valence-electron chi connectivity index (χ1n) is 12.8. The van der Waals surface area contributed by atoms with Crippen LogP contribution in [0.2, 0.25) is 10.0 Å². The third kappa shape index (κ3) is 7.96. The molecule has 0 saturated heterocycles. The second-order valence-corrected chi connectivity index (χ2v) is 12.3. The smallest absolute Gasteiger partial charge is 0.264 e. The van der Waals surface area contributed by atoms with Gasteiger partial charge in [0, 0.05) is 18.1 Å². The lowest BCUT2D eigenvalue weighted by Crippen LogP contribution is -2.52. The lowest BCUT2D eigenvalue weighted by Gasteiger charge is -2.33. The highest BCUT2D eigenvalue weighted by molar-refractivity contribution is 7.92. The van der Waals surface area contributed by atoms with E-state index in [2.05, 4.69) is 5.32 Å². The predicted octanol–water partition coefficient (Wildman–Crippen LogP) is 5.91. The van der Waals surface area contributed by atoms with E-state index in [0.717, 1.165) is 16.4 Å². The van der Waals surface area contributed by atoms with Gasteiger partial charge in [0.1, 0.15) is 18.4 Å². The van der Waals surface area contributed by atoms with Gasteiger partial charge in [0.25, 0.3) is 10.0 Å². The second kappa shape index (κ2) is 14.0. The zero-order valence-corrected chi connectivity index (χ0v) is 24.8. The largest absolute Gasteiger partial charge is 0.354 e. The van der Waals surface area contributed by atoms with Crippen molar-refractivity contribution in [2.45, 2.75) is 44.7 Å². The zero-order valence-electron chi connectivity index (χ0n) is 22.5. The minimum absolute atomic E-state index is 0.00681. The van der Waals surface area contributed by atoms with Gasteiger partial charge in [-0.3, -0.25) is 13.9 Å². The fraction of sp³-hybridized carbons (Fsp3) is 0.310. The van der Waals surface area contributed by atoms with Crippen LogP contribution in [0.3, 0.4) is 0 Å². The standard InChI is InChI=1S/C29H32Cl2FN3O4S/c1-4-27(29(37)33-17-20(2)3)34(18-21-10-12-22(30)13-11-21)28(36)19-35(23-14-15-26(32)25(31)16-23)40(38,39)24-8-6-5-7-9-24/h5-16,20,27H,4,17-19H2,1-3H3,(H,33,37)/t27-/m0/s1. The molecular weight excluding hydrogens is 576 g/mol. The monoisotopic (exact) mass is 607 g/mol. The number of nitrogens with zero attached hydrogens (tertiary/aromatic N) is 2. The van der Waals surface area contributed by atoms with Crippen LogP contribution in [0.25, 0.3) is 0 Å². The topological polar surface area (TPSA) is 86.8 Å². The molecule has 2 amide bonds. The molecule has 1 atom stereocenters. The first kappa shape index (κ1) is 31.4. The van der Waals surface area contributed by atoms with Crippen molar-refractivity contribution in [3.63, 3.8) is 0 Å². The number of hydrogen-bond donors (Lipinski definition) is 1. The van der Waals surface area contributed by atoms with Crippen LogP contribution in [0.4, 0.5) is 10.1 Å². The van der Waals surface area contributed by atoms with Gasteiger partial charge in [-0.25, -0.2) is 12.8 Å². The molecule has 0 spiro atoms. The Morgan fingerprint density at radius 2 is 1.62 bits per heavy atom. The summed E-state index contributed by atoms with van der Waals surface area (Å²) in [6.45, 7) is 5.49. The Morgan fingerprint density at radius 3 is 2.20 bits per heavy atom. The molecule has 0 aromatic heterocycles. The Kier molecular flexibility index (Phi) is 11.0. The Hall–Kier alpha value is -3.14. The van der Waals surface area contributed by atoms with Crippen molar-refractivity contribution in [1.82, 2.24) is 10.2 Å². The van der Waals surface area contributed by atoms with Gasteiger partial charge >= 0.3 is 0 Å². The van der Waals surface area contributed by atoms with Crippen molar-refractivity contribution < 1.29 is 22.4 Å². The number of nitrogens with one attached hydrogen (secondary N) is 1. The summed E-state index contributed by atoms with van der Waals surface area (Å²) in [5.41, 5.74) is 0.711. The predicted molar refractivity (Wildman–Crippen MR) is 156 cm³/mol. The molecule has 0 aliphatic carbocycles. The van der Waals surface area contributed by atoms with Gasteiger partial charge in [0.05, 0.1) is 15.6 Å². The maximum atomic E-state index is 14.0. The summed E-state index contributed by atoms with van der Waals surface area (Å²) < 4.78 is 42.4. The summed E-state index contributed by atoms with van der Waals surface area (Å²) in [6, 6.07) is 17.0. The van der Waals surface area contributed by atoms with Crippen LogP contribution in [0, 0.1) is 11.7 Å². The average molecular weight is 609 g/mol. The van der Waals surface area contributed by atoms with E-state index in [0.29, 0.717) is 17.1 Å². The minimum atomic E-state index is -4.28. The Morgan fingerprint density at radius 1 is 0.975 bits per heavy atom. The summed E-state index contributed by atoms with van der Waals surface area (Å²) in [6.07, 6.45) is 0.289. The number of halogens is 3. The van der Waals surface area contributed by atoms with Crippen molar-refractivity contribution in [2.75, 3.05) is 17.4 Å². The van der Waals surface area contributed by atoms with Gasteiger partial charge in [-0.1, -0.05) is 74.3 Å². The quantitative estimate of drug-likeness (QED) is 0.277. The molecule has 0 fully saturated rings. The van der Waals surface area contributed by atoms with Crippen molar-refractivity contribution in [3.05, 3.63) is 94.2 Å². The van der Waals surface area contributed by atoms with Gasteiger partial charge in [0.15, 0.2) is 0 Å². The number of amides is 2. The zero-order chi connectivity index (χ0) is 29.4. The van der Waals surface area contributed by atoms with Gasteiger partial charge in [0.2, 0.25) is 11.8 Å². The summed E-state index contributed by atoms with van der Waals surface area (Å²) in [4.78, 5) is 28.5. The van der Waals surface area contributed by atoms with E-state index in [-0.39, 0.29) is 40.4 Å². The number of carbonyl (C=O) groups is 2. The van der Waals surface area contributed by atoms with Crippen molar-refractivity contribution in [3.8, 4) is 0 Å². The van der Waals surface area contributed by atoms with Crippen molar-refractivity contribution >= 4 is 50.7 Å². The highest BCUT2D eigenvalue weighted by Gasteiger charge is 2.34. The molecule has 3 aromatic rings. The number of sulfonamides is 1. The first-order valence-corrected chi connectivity index (χ1v) is 15.0.